The minimum Gasteiger partial charge on any atom is -0.477 e. The van der Waals surface area contributed by atoms with Crippen LogP contribution in [0, 0.1) is 0 Å². The molecule has 3 N–H and O–H groups in total. The van der Waals surface area contributed by atoms with E-state index in [9.17, 15) is 23.2 Å². The van der Waals surface area contributed by atoms with Crippen LogP contribution >= 0.6 is 12.2 Å². The number of allylic oxidation sites excluding steroid dienone is 4. The summed E-state index contributed by atoms with van der Waals surface area (Å²) in [6.45, 7) is 0.0426. The number of nitrogens with one attached hydrogen (secondary N) is 2. The van der Waals surface area contributed by atoms with Crippen molar-refractivity contribution in [1.29, 1.82) is 0 Å². The van der Waals surface area contributed by atoms with E-state index in [0.717, 1.165) is 11.6 Å². The Morgan fingerprint density at radius 3 is 2.74 bits per heavy atom. The lowest BCUT2D eigenvalue weighted by Crippen LogP contribution is -2.47. The molecule has 0 bridgehead atoms. The third-order valence-corrected chi connectivity index (χ3v) is 5.79. The first-order valence-corrected chi connectivity index (χ1v) is 10.7. The van der Waals surface area contributed by atoms with E-state index in [4.69, 9.17) is 26.8 Å². The van der Waals surface area contributed by atoms with Crippen LogP contribution in [0.25, 0.3) is 0 Å². The van der Waals surface area contributed by atoms with Crippen molar-refractivity contribution < 1.29 is 33.0 Å². The zero-order valence-corrected chi connectivity index (χ0v) is 18.8. The summed E-state index contributed by atoms with van der Waals surface area (Å²) in [4.78, 5) is 37.4. The first-order valence-electron chi connectivity index (χ1n) is 10.3. The summed E-state index contributed by atoms with van der Waals surface area (Å²) in [6.07, 6.45) is 7.58. The minimum atomic E-state index is -4.38. The van der Waals surface area contributed by atoms with Gasteiger partial charge in [0.2, 0.25) is 6.79 Å². The molecule has 12 heteroatoms. The number of nitrogens with zero attached hydrogens (tertiary/aromatic N) is 1. The number of fused-ring (bicyclic) bond motifs is 1. The Kier molecular flexibility index (Phi) is 6.65. The fourth-order valence-corrected chi connectivity index (χ4v) is 3.78. The van der Waals surface area contributed by atoms with Gasteiger partial charge < -0.3 is 29.8 Å². The number of thiocarbonyl (C=S) groups is 1. The van der Waals surface area contributed by atoms with Crippen molar-refractivity contribution in [2.24, 2.45) is 0 Å². The first-order chi connectivity index (χ1) is 16.7. The van der Waals surface area contributed by atoms with Crippen LogP contribution in [0.2, 0.25) is 0 Å². The molecule has 0 saturated carbocycles. The molecule has 1 aromatic heterocycles. The molecule has 2 heterocycles. The number of amides is 2. The molecular weight excluding hydrogens is 484 g/mol. The molecule has 1 aliphatic heterocycles. The third-order valence-electron chi connectivity index (χ3n) is 5.36. The van der Waals surface area contributed by atoms with E-state index in [1.807, 2.05) is 17.5 Å². The second-order valence-electron chi connectivity index (χ2n) is 7.67. The summed E-state index contributed by atoms with van der Waals surface area (Å²) < 4.78 is 40.8. The molecule has 2 amide bonds. The molecule has 1 atom stereocenters. The van der Waals surface area contributed by atoms with Gasteiger partial charge in [0, 0.05) is 17.5 Å². The molecule has 182 valence electrons. The highest BCUT2D eigenvalue weighted by Crippen LogP contribution is 2.38. The molecule has 0 spiro atoms. The molecule has 1 aliphatic carbocycles. The second kappa shape index (κ2) is 9.66. The number of anilines is 1. The number of ether oxygens (including phenoxy) is 2. The number of rotatable bonds is 7. The number of carbonyl (C=O) groups is 2. The van der Waals surface area contributed by atoms with Crippen molar-refractivity contribution in [2.75, 3.05) is 12.1 Å². The molecule has 0 fully saturated rings. The minimum absolute atomic E-state index is 0.120. The quantitative estimate of drug-likeness (QED) is 0.496. The number of alkyl halides is 2. The van der Waals surface area contributed by atoms with Gasteiger partial charge in [0.15, 0.2) is 11.5 Å². The average molecular weight is 503 g/mol. The molecule has 35 heavy (non-hydrogen) atoms. The van der Waals surface area contributed by atoms with Gasteiger partial charge in [-0.3, -0.25) is 4.79 Å². The van der Waals surface area contributed by atoms with Crippen LogP contribution in [0.15, 0.2) is 65.1 Å². The summed E-state index contributed by atoms with van der Waals surface area (Å²) in [7, 11) is 0. The van der Waals surface area contributed by atoms with Crippen molar-refractivity contribution in [3.63, 3.8) is 0 Å². The first kappa shape index (κ1) is 24.1. The van der Waals surface area contributed by atoms with Crippen molar-refractivity contribution in [3.05, 3.63) is 76.2 Å². The number of carbonyl (C=O) groups excluding carboxylic acids is 1. The van der Waals surface area contributed by atoms with Crippen LogP contribution in [-0.4, -0.2) is 39.3 Å². The topological polar surface area (TPSA) is 119 Å². The Bertz CT molecular complexity index is 1320. The van der Waals surface area contributed by atoms with Crippen LogP contribution in [-0.2, 0) is 11.3 Å². The number of hydrogen-bond donors (Lipinski definition) is 3. The summed E-state index contributed by atoms with van der Waals surface area (Å²) in [5.41, 5.74) is -0.250. The predicted molar refractivity (Wildman–Crippen MR) is 125 cm³/mol. The van der Waals surface area contributed by atoms with Gasteiger partial charge in [-0.2, -0.15) is 8.78 Å². The lowest BCUT2D eigenvalue weighted by atomic mass is 10.00. The lowest BCUT2D eigenvalue weighted by molar-refractivity contribution is -0.169. The van der Waals surface area contributed by atoms with Gasteiger partial charge >= 0.3 is 17.9 Å². The summed E-state index contributed by atoms with van der Waals surface area (Å²) >= 11 is 5.30. The second-order valence-corrected chi connectivity index (χ2v) is 8.17. The van der Waals surface area contributed by atoms with Gasteiger partial charge in [0.25, 0.3) is 5.56 Å². The van der Waals surface area contributed by atoms with Crippen LogP contribution in [0.4, 0.5) is 19.3 Å². The van der Waals surface area contributed by atoms with E-state index in [2.05, 4.69) is 5.32 Å². The molecule has 0 radical (unpaired) electrons. The monoisotopic (exact) mass is 503 g/mol. The molecule has 2 aliphatic rings. The lowest BCUT2D eigenvalue weighted by Gasteiger charge is -2.25. The van der Waals surface area contributed by atoms with E-state index < -0.39 is 29.5 Å². The number of halogens is 2. The highest BCUT2D eigenvalue weighted by atomic mass is 32.1. The van der Waals surface area contributed by atoms with E-state index in [0.29, 0.717) is 17.0 Å². The van der Waals surface area contributed by atoms with Crippen LogP contribution < -0.4 is 25.7 Å². The van der Waals surface area contributed by atoms with Crippen molar-refractivity contribution >= 4 is 34.8 Å². The van der Waals surface area contributed by atoms with E-state index in [1.165, 1.54) is 35.0 Å². The molecule has 4 rings (SSSR count). The summed E-state index contributed by atoms with van der Waals surface area (Å²) in [5.74, 6) is -6.39. The average Bonchev–Trinajstić information content (AvgIpc) is 3.29. The summed E-state index contributed by atoms with van der Waals surface area (Å²) in [6, 6.07) is 3.03. The van der Waals surface area contributed by atoms with Crippen molar-refractivity contribution in [2.45, 2.75) is 24.9 Å². The fraction of sp³-hybridized carbons (Fsp3) is 0.217. The molecule has 2 aromatic rings. The van der Waals surface area contributed by atoms with Gasteiger partial charge in [-0.1, -0.05) is 36.5 Å². The highest BCUT2D eigenvalue weighted by Gasteiger charge is 2.49. The van der Waals surface area contributed by atoms with Gasteiger partial charge in [-0.05, 0) is 35.4 Å². The largest absolute Gasteiger partial charge is 0.477 e. The Balaban J connectivity index is 1.56. The Labute approximate surface area is 202 Å². The maximum absolute atomic E-state index is 14.6. The molecule has 1 aromatic carbocycles. The number of aromatic nitrogens is 1. The fourth-order valence-electron chi connectivity index (χ4n) is 3.55. The Hall–Kier alpha value is -4.06. The Morgan fingerprint density at radius 2 is 2.00 bits per heavy atom. The van der Waals surface area contributed by atoms with Crippen LogP contribution in [0.5, 0.6) is 11.5 Å². The molecule has 1 unspecified atom stereocenters. The maximum atomic E-state index is 14.6. The number of hydrogen-bond acceptors (Lipinski definition) is 6. The van der Waals surface area contributed by atoms with Gasteiger partial charge in [0.05, 0.1) is 6.54 Å². The van der Waals surface area contributed by atoms with E-state index in [-0.39, 0.29) is 30.3 Å². The molecular formula is C23H19F2N3O6S. The predicted octanol–water partition coefficient (Wildman–Crippen LogP) is 3.42. The van der Waals surface area contributed by atoms with E-state index >= 15 is 0 Å². The van der Waals surface area contributed by atoms with Gasteiger partial charge in [-0.15, -0.1) is 0 Å². The third kappa shape index (κ3) is 5.06. The van der Waals surface area contributed by atoms with Crippen LogP contribution in [0.1, 0.15) is 18.0 Å². The number of urea groups is 1. The number of carboxylic acids is 1. The number of carboxylic acid groups (broad SMARTS) is 1. The SMILES string of the molecule is O=C(Nc1cccn(CC2=CC=CCC2=S)c1=O)NC(c1ccc2c(c1)OCO2)C(F)(F)C(=O)O. The number of aliphatic carboxylic acids is 1. The normalized spacial score (nSPS) is 15.4. The smallest absolute Gasteiger partial charge is 0.377 e. The summed E-state index contributed by atoms with van der Waals surface area (Å²) in [5, 5.41) is 13.3. The maximum Gasteiger partial charge on any atom is 0.377 e. The highest BCUT2D eigenvalue weighted by molar-refractivity contribution is 7.80. The van der Waals surface area contributed by atoms with Crippen molar-refractivity contribution in [1.82, 2.24) is 9.88 Å². The number of benzene rings is 1. The zero-order chi connectivity index (χ0) is 25.2. The van der Waals surface area contributed by atoms with E-state index in [1.54, 1.807) is 6.08 Å². The molecule has 0 saturated heterocycles. The van der Waals surface area contributed by atoms with Gasteiger partial charge in [0.1, 0.15) is 11.7 Å². The van der Waals surface area contributed by atoms with Crippen molar-refractivity contribution in [3.8, 4) is 11.5 Å². The standard InChI is InChI=1S/C23H19F2N3O6S/c24-23(25,21(30)31)19(13-7-8-16-17(10-13)34-12-33-16)27-22(32)26-15-5-3-9-28(20(15)29)11-14-4-1-2-6-18(14)35/h1-5,7-10,19H,6,11-12H2,(H,30,31)(H2,26,27,32). The van der Waals surface area contributed by atoms with Gasteiger partial charge in [-0.25, -0.2) is 9.59 Å². The molecule has 9 nitrogen and oxygen atoms in total. The number of pyridine rings is 1. The zero-order valence-electron chi connectivity index (χ0n) is 18.0. The Morgan fingerprint density at radius 1 is 1.23 bits per heavy atom. The van der Waals surface area contributed by atoms with Crippen LogP contribution in [0.3, 0.4) is 0 Å².